The summed E-state index contributed by atoms with van der Waals surface area (Å²) in [5, 5.41) is 3.38. The van der Waals surface area contributed by atoms with Crippen molar-refractivity contribution in [1.29, 1.82) is 0 Å². The van der Waals surface area contributed by atoms with Gasteiger partial charge in [-0.15, -0.1) is 11.3 Å². The smallest absolute Gasteiger partial charge is 0.254 e. The Bertz CT molecular complexity index is 798. The molecule has 0 saturated carbocycles. The minimum Gasteiger partial charge on any atom is -0.385 e. The summed E-state index contributed by atoms with van der Waals surface area (Å²) in [6, 6.07) is 7.74. The number of thiazole rings is 1. The molecule has 164 valence electrons. The minimum atomic E-state index is -0.245. The van der Waals surface area contributed by atoms with Gasteiger partial charge in [0.2, 0.25) is 5.91 Å². The first-order valence-corrected chi connectivity index (χ1v) is 11.4. The minimum absolute atomic E-state index is 0.0154. The molecule has 0 aliphatic rings. The van der Waals surface area contributed by atoms with Crippen LogP contribution >= 0.6 is 11.3 Å². The molecule has 30 heavy (non-hydrogen) atoms. The van der Waals surface area contributed by atoms with E-state index in [1.165, 1.54) is 29.7 Å². The molecule has 2 amide bonds. The second-order valence-electron chi connectivity index (χ2n) is 7.44. The maximum Gasteiger partial charge on any atom is 0.254 e. The molecule has 2 rings (SSSR count). The molecular weight excluding hydrogens is 398 g/mol. The van der Waals surface area contributed by atoms with Crippen molar-refractivity contribution in [2.45, 2.75) is 52.9 Å². The van der Waals surface area contributed by atoms with Crippen molar-refractivity contribution in [2.24, 2.45) is 0 Å². The van der Waals surface area contributed by atoms with E-state index in [-0.39, 0.29) is 18.4 Å². The highest BCUT2D eigenvalue weighted by Gasteiger charge is 2.19. The Kier molecular flexibility index (Phi) is 9.97. The highest BCUT2D eigenvalue weighted by molar-refractivity contribution is 7.15. The summed E-state index contributed by atoms with van der Waals surface area (Å²) in [5.41, 5.74) is 2.74. The Morgan fingerprint density at radius 3 is 2.47 bits per heavy atom. The number of nitrogens with zero attached hydrogens (tertiary/aromatic N) is 2. The third-order valence-electron chi connectivity index (χ3n) is 4.94. The average Bonchev–Trinajstić information content (AvgIpc) is 3.04. The third-order valence-corrected chi connectivity index (χ3v) is 5.93. The van der Waals surface area contributed by atoms with Crippen molar-refractivity contribution in [3.63, 3.8) is 0 Å². The maximum atomic E-state index is 13.0. The first-order valence-electron chi connectivity index (χ1n) is 10.6. The zero-order valence-electron chi connectivity index (χ0n) is 18.5. The fourth-order valence-electron chi connectivity index (χ4n) is 3.09. The van der Waals surface area contributed by atoms with Crippen LogP contribution in [0.2, 0.25) is 0 Å². The number of aromatic nitrogens is 1. The molecule has 2 aromatic rings. The van der Waals surface area contributed by atoms with Crippen molar-refractivity contribution in [3.8, 4) is 0 Å². The van der Waals surface area contributed by atoms with Crippen LogP contribution in [0.4, 0.5) is 5.13 Å². The Labute approximate surface area is 183 Å². The number of ether oxygens (including phenoxy) is 1. The van der Waals surface area contributed by atoms with E-state index in [0.29, 0.717) is 30.3 Å². The van der Waals surface area contributed by atoms with E-state index >= 15 is 0 Å². The standard InChI is InChI=1S/C23H33N3O3S/c1-5-6-7-9-19-10-12-20(13-11-19)22(28)26(14-8-15-29-4)16-21(27)25-23-24-17(2)18(3)30-23/h10-13H,5-9,14-16H2,1-4H3,(H,24,25,27). The Morgan fingerprint density at radius 1 is 1.13 bits per heavy atom. The Hall–Kier alpha value is -2.25. The summed E-state index contributed by atoms with van der Waals surface area (Å²) in [5.74, 6) is -0.390. The van der Waals surface area contributed by atoms with Crippen LogP contribution in [0.5, 0.6) is 0 Å². The molecule has 1 aromatic carbocycles. The van der Waals surface area contributed by atoms with Crippen LogP contribution in [0, 0.1) is 13.8 Å². The molecule has 0 aliphatic carbocycles. The number of benzene rings is 1. The SMILES string of the molecule is CCCCCc1ccc(C(=O)N(CCCOC)CC(=O)Nc2nc(C)c(C)s2)cc1. The largest absolute Gasteiger partial charge is 0.385 e. The number of carbonyl (C=O) groups excluding carboxylic acids is 2. The number of nitrogens with one attached hydrogen (secondary N) is 1. The maximum absolute atomic E-state index is 13.0. The number of carbonyl (C=O) groups is 2. The van der Waals surface area contributed by atoms with Crippen LogP contribution in [-0.4, -0.2) is 48.5 Å². The van der Waals surface area contributed by atoms with Crippen LogP contribution in [0.3, 0.4) is 0 Å². The lowest BCUT2D eigenvalue weighted by atomic mass is 10.0. The number of rotatable bonds is 12. The number of anilines is 1. The van der Waals surface area contributed by atoms with Crippen LogP contribution < -0.4 is 5.32 Å². The molecule has 0 unspecified atom stereocenters. The van der Waals surface area contributed by atoms with E-state index in [4.69, 9.17) is 4.74 Å². The fraction of sp³-hybridized carbons (Fsp3) is 0.522. The van der Waals surface area contributed by atoms with E-state index in [1.54, 1.807) is 12.0 Å². The zero-order chi connectivity index (χ0) is 21.9. The molecule has 0 bridgehead atoms. The normalized spacial score (nSPS) is 10.8. The highest BCUT2D eigenvalue weighted by atomic mass is 32.1. The second kappa shape index (κ2) is 12.4. The predicted molar refractivity (Wildman–Crippen MR) is 122 cm³/mol. The first-order chi connectivity index (χ1) is 14.4. The van der Waals surface area contributed by atoms with Crippen LogP contribution in [-0.2, 0) is 16.0 Å². The summed E-state index contributed by atoms with van der Waals surface area (Å²) < 4.78 is 5.11. The Morgan fingerprint density at radius 2 is 1.87 bits per heavy atom. The lowest BCUT2D eigenvalue weighted by molar-refractivity contribution is -0.116. The molecular formula is C23H33N3O3S. The van der Waals surface area contributed by atoms with Gasteiger partial charge in [-0.25, -0.2) is 4.98 Å². The van der Waals surface area contributed by atoms with E-state index in [9.17, 15) is 9.59 Å². The number of aryl methyl sites for hydroxylation is 3. The Balaban J connectivity index is 2.02. The van der Waals surface area contributed by atoms with Gasteiger partial charge in [-0.2, -0.15) is 0 Å². The number of methoxy groups -OCH3 is 1. The van der Waals surface area contributed by atoms with Crippen LogP contribution in [0.25, 0.3) is 0 Å². The monoisotopic (exact) mass is 431 g/mol. The molecule has 1 N–H and O–H groups in total. The quantitative estimate of drug-likeness (QED) is 0.498. The predicted octanol–water partition coefficient (Wildman–Crippen LogP) is 4.61. The fourth-order valence-corrected chi connectivity index (χ4v) is 3.92. The van der Waals surface area contributed by atoms with E-state index in [2.05, 4.69) is 17.2 Å². The van der Waals surface area contributed by atoms with E-state index in [0.717, 1.165) is 23.4 Å². The summed E-state index contributed by atoms with van der Waals surface area (Å²) in [6.45, 7) is 7.04. The average molecular weight is 432 g/mol. The first kappa shape index (κ1) is 24.0. The summed E-state index contributed by atoms with van der Waals surface area (Å²) in [6.07, 6.45) is 5.24. The second-order valence-corrected chi connectivity index (χ2v) is 8.64. The third kappa shape index (κ3) is 7.54. The van der Waals surface area contributed by atoms with Crippen molar-refractivity contribution < 1.29 is 14.3 Å². The topological polar surface area (TPSA) is 71.5 Å². The zero-order valence-corrected chi connectivity index (χ0v) is 19.3. The van der Waals surface area contributed by atoms with Crippen molar-refractivity contribution in [1.82, 2.24) is 9.88 Å². The number of hydrogen-bond acceptors (Lipinski definition) is 5. The molecule has 7 heteroatoms. The van der Waals surface area contributed by atoms with Gasteiger partial charge in [0.15, 0.2) is 5.13 Å². The molecule has 1 aromatic heterocycles. The van der Waals surface area contributed by atoms with Crippen molar-refractivity contribution in [2.75, 3.05) is 32.1 Å². The van der Waals surface area contributed by atoms with Gasteiger partial charge in [0, 0.05) is 30.7 Å². The van der Waals surface area contributed by atoms with Gasteiger partial charge >= 0.3 is 0 Å². The molecule has 6 nitrogen and oxygen atoms in total. The van der Waals surface area contributed by atoms with Gasteiger partial charge in [-0.05, 0) is 50.8 Å². The van der Waals surface area contributed by atoms with E-state index in [1.807, 2.05) is 38.1 Å². The van der Waals surface area contributed by atoms with Gasteiger partial charge in [0.05, 0.1) is 5.69 Å². The highest BCUT2D eigenvalue weighted by Crippen LogP contribution is 2.21. The number of amides is 2. The van der Waals surface area contributed by atoms with Crippen molar-refractivity contribution >= 4 is 28.3 Å². The molecule has 0 atom stereocenters. The van der Waals surface area contributed by atoms with Gasteiger partial charge in [-0.1, -0.05) is 31.9 Å². The molecule has 0 saturated heterocycles. The molecule has 0 fully saturated rings. The summed E-state index contributed by atoms with van der Waals surface area (Å²) in [7, 11) is 1.63. The lowest BCUT2D eigenvalue weighted by Crippen LogP contribution is -2.39. The van der Waals surface area contributed by atoms with Crippen LogP contribution in [0.15, 0.2) is 24.3 Å². The van der Waals surface area contributed by atoms with Crippen molar-refractivity contribution in [3.05, 3.63) is 46.0 Å². The number of unbranched alkanes of at least 4 members (excludes halogenated alkanes) is 2. The summed E-state index contributed by atoms with van der Waals surface area (Å²) >= 11 is 1.44. The van der Waals surface area contributed by atoms with Gasteiger partial charge < -0.3 is 15.0 Å². The lowest BCUT2D eigenvalue weighted by Gasteiger charge is -2.22. The molecule has 0 spiro atoms. The van der Waals surface area contributed by atoms with E-state index < -0.39 is 0 Å². The van der Waals surface area contributed by atoms with Gasteiger partial charge in [0.1, 0.15) is 6.54 Å². The summed E-state index contributed by atoms with van der Waals surface area (Å²) in [4.78, 5) is 32.6. The number of hydrogen-bond donors (Lipinski definition) is 1. The van der Waals surface area contributed by atoms with Gasteiger partial charge in [-0.3, -0.25) is 9.59 Å². The van der Waals surface area contributed by atoms with Crippen LogP contribution in [0.1, 0.15) is 59.1 Å². The molecule has 0 aliphatic heterocycles. The van der Waals surface area contributed by atoms with Gasteiger partial charge in [0.25, 0.3) is 5.91 Å². The molecule has 1 heterocycles. The molecule has 0 radical (unpaired) electrons.